The molecule has 1 aliphatic heterocycles. The Morgan fingerprint density at radius 2 is 1.82 bits per heavy atom. The maximum atomic E-state index is 6.11. The second kappa shape index (κ2) is 8.06. The fourth-order valence-electron chi connectivity index (χ4n) is 2.90. The molecule has 116 valence electrons. The van der Waals surface area contributed by atoms with Crippen molar-refractivity contribution >= 4 is 0 Å². The Kier molecular flexibility index (Phi) is 5.57. The second-order valence-corrected chi connectivity index (χ2v) is 5.85. The van der Waals surface area contributed by atoms with Gasteiger partial charge in [-0.2, -0.15) is 0 Å². The van der Waals surface area contributed by atoms with Crippen molar-refractivity contribution in [2.45, 2.75) is 44.5 Å². The van der Waals surface area contributed by atoms with E-state index in [1.54, 1.807) is 0 Å². The predicted octanol–water partition coefficient (Wildman–Crippen LogP) is 3.78. The van der Waals surface area contributed by atoms with E-state index >= 15 is 0 Å². The lowest BCUT2D eigenvalue weighted by Crippen LogP contribution is -2.15. The Morgan fingerprint density at radius 3 is 2.64 bits per heavy atom. The molecule has 3 rings (SSSR count). The third kappa shape index (κ3) is 4.65. The van der Waals surface area contributed by atoms with Gasteiger partial charge in [-0.3, -0.25) is 4.98 Å². The van der Waals surface area contributed by atoms with Gasteiger partial charge < -0.3 is 9.47 Å². The minimum Gasteiger partial charge on any atom is -0.377 e. The number of benzene rings is 1. The Hall–Kier alpha value is -1.71. The van der Waals surface area contributed by atoms with Gasteiger partial charge in [-0.15, -0.1) is 0 Å². The highest BCUT2D eigenvalue weighted by Crippen LogP contribution is 2.24. The number of pyridine rings is 1. The minimum absolute atomic E-state index is 0.336. The highest BCUT2D eigenvalue weighted by molar-refractivity contribution is 5.13. The highest BCUT2D eigenvalue weighted by atomic mass is 16.5. The topological polar surface area (TPSA) is 31.4 Å². The Labute approximate surface area is 132 Å². The lowest BCUT2D eigenvalue weighted by atomic mass is 10.1. The average molecular weight is 297 g/mol. The van der Waals surface area contributed by atoms with Crippen molar-refractivity contribution in [3.05, 3.63) is 66.0 Å². The van der Waals surface area contributed by atoms with Gasteiger partial charge in [0.05, 0.1) is 18.8 Å². The zero-order chi connectivity index (χ0) is 15.0. The van der Waals surface area contributed by atoms with Crippen molar-refractivity contribution in [1.29, 1.82) is 0 Å². The summed E-state index contributed by atoms with van der Waals surface area (Å²) in [7, 11) is 0. The molecule has 0 radical (unpaired) electrons. The van der Waals surface area contributed by atoms with Gasteiger partial charge in [0, 0.05) is 25.4 Å². The van der Waals surface area contributed by atoms with E-state index in [9.17, 15) is 0 Å². The summed E-state index contributed by atoms with van der Waals surface area (Å²) < 4.78 is 11.9. The molecule has 3 heteroatoms. The minimum atomic E-state index is 0.336. The summed E-state index contributed by atoms with van der Waals surface area (Å²) >= 11 is 0. The number of hydrogen-bond acceptors (Lipinski definition) is 3. The number of hydrogen-bond donors (Lipinski definition) is 0. The maximum absolute atomic E-state index is 6.11. The standard InChI is InChI=1S/C19H23NO2/c1-2-5-16(6-3-1)15-21-12-10-18-8-9-19(22-18)13-17-7-4-11-20-14-17/h1-7,11,14,18-19H,8-10,12-13,15H2/t18-,19?/m1/s1. The van der Waals surface area contributed by atoms with E-state index in [1.165, 1.54) is 11.1 Å². The fourth-order valence-corrected chi connectivity index (χ4v) is 2.90. The molecule has 0 saturated carbocycles. The third-order valence-corrected chi connectivity index (χ3v) is 4.08. The van der Waals surface area contributed by atoms with Crippen LogP contribution in [0.3, 0.4) is 0 Å². The normalized spacial score (nSPS) is 21.1. The van der Waals surface area contributed by atoms with Gasteiger partial charge in [0.2, 0.25) is 0 Å². The zero-order valence-electron chi connectivity index (χ0n) is 12.9. The summed E-state index contributed by atoms with van der Waals surface area (Å²) in [6.07, 6.45) is 8.65. The second-order valence-electron chi connectivity index (χ2n) is 5.85. The molecule has 0 aliphatic carbocycles. The molecule has 1 aliphatic rings. The number of ether oxygens (including phenoxy) is 2. The molecule has 22 heavy (non-hydrogen) atoms. The van der Waals surface area contributed by atoms with Crippen molar-refractivity contribution in [1.82, 2.24) is 4.98 Å². The van der Waals surface area contributed by atoms with Crippen LogP contribution in [0, 0.1) is 0 Å². The van der Waals surface area contributed by atoms with Gasteiger partial charge in [0.25, 0.3) is 0 Å². The molecule has 0 spiro atoms. The van der Waals surface area contributed by atoms with E-state index in [-0.39, 0.29) is 0 Å². The number of nitrogens with zero attached hydrogens (tertiary/aromatic N) is 1. The summed E-state index contributed by atoms with van der Waals surface area (Å²) in [4.78, 5) is 4.16. The van der Waals surface area contributed by atoms with E-state index in [0.717, 1.165) is 32.3 Å². The molecule has 1 unspecified atom stereocenters. The Bertz CT molecular complexity index is 544. The van der Waals surface area contributed by atoms with Gasteiger partial charge in [0.15, 0.2) is 0 Å². The molecule has 1 fully saturated rings. The highest BCUT2D eigenvalue weighted by Gasteiger charge is 2.25. The largest absolute Gasteiger partial charge is 0.377 e. The monoisotopic (exact) mass is 297 g/mol. The lowest BCUT2D eigenvalue weighted by Gasteiger charge is -2.14. The van der Waals surface area contributed by atoms with E-state index < -0.39 is 0 Å². The third-order valence-electron chi connectivity index (χ3n) is 4.08. The van der Waals surface area contributed by atoms with Crippen LogP contribution < -0.4 is 0 Å². The van der Waals surface area contributed by atoms with E-state index in [2.05, 4.69) is 23.2 Å². The summed E-state index contributed by atoms with van der Waals surface area (Å²) in [5.74, 6) is 0. The van der Waals surface area contributed by atoms with Crippen LogP contribution in [0.15, 0.2) is 54.9 Å². The maximum Gasteiger partial charge on any atom is 0.0716 e. The molecule has 1 saturated heterocycles. The number of aromatic nitrogens is 1. The summed E-state index contributed by atoms with van der Waals surface area (Å²) in [6.45, 7) is 1.45. The van der Waals surface area contributed by atoms with Crippen molar-refractivity contribution in [2.75, 3.05) is 6.61 Å². The first-order valence-corrected chi connectivity index (χ1v) is 8.06. The lowest BCUT2D eigenvalue weighted by molar-refractivity contribution is 0.0167. The summed E-state index contributed by atoms with van der Waals surface area (Å²) in [5, 5.41) is 0. The van der Waals surface area contributed by atoms with Crippen LogP contribution in [-0.2, 0) is 22.5 Å². The molecule has 2 aromatic rings. The predicted molar refractivity (Wildman–Crippen MR) is 86.6 cm³/mol. The average Bonchev–Trinajstić information content (AvgIpc) is 3.01. The molecule has 1 aromatic carbocycles. The van der Waals surface area contributed by atoms with Crippen molar-refractivity contribution in [3.63, 3.8) is 0 Å². The van der Waals surface area contributed by atoms with Crippen molar-refractivity contribution in [3.8, 4) is 0 Å². The molecule has 3 nitrogen and oxygen atoms in total. The van der Waals surface area contributed by atoms with Gasteiger partial charge in [0.1, 0.15) is 0 Å². The molecular formula is C19H23NO2. The zero-order valence-corrected chi connectivity index (χ0v) is 12.9. The van der Waals surface area contributed by atoms with Crippen LogP contribution in [0.4, 0.5) is 0 Å². The first-order chi connectivity index (χ1) is 10.9. The summed E-state index contributed by atoms with van der Waals surface area (Å²) in [6, 6.07) is 14.4. The van der Waals surface area contributed by atoms with Crippen molar-refractivity contribution < 1.29 is 9.47 Å². The molecule has 2 atom stereocenters. The molecular weight excluding hydrogens is 274 g/mol. The van der Waals surface area contributed by atoms with Gasteiger partial charge >= 0.3 is 0 Å². The summed E-state index contributed by atoms with van der Waals surface area (Å²) in [5.41, 5.74) is 2.48. The van der Waals surface area contributed by atoms with Crippen LogP contribution in [0.1, 0.15) is 30.4 Å². The first-order valence-electron chi connectivity index (χ1n) is 8.06. The quantitative estimate of drug-likeness (QED) is 0.729. The molecule has 1 aromatic heterocycles. The van der Waals surface area contributed by atoms with E-state index in [0.29, 0.717) is 18.8 Å². The fraction of sp³-hybridized carbons (Fsp3) is 0.421. The van der Waals surface area contributed by atoms with Crippen LogP contribution in [0.2, 0.25) is 0 Å². The van der Waals surface area contributed by atoms with Gasteiger partial charge in [-0.1, -0.05) is 36.4 Å². The van der Waals surface area contributed by atoms with Crippen molar-refractivity contribution in [2.24, 2.45) is 0 Å². The smallest absolute Gasteiger partial charge is 0.0716 e. The van der Waals surface area contributed by atoms with Gasteiger partial charge in [-0.25, -0.2) is 0 Å². The van der Waals surface area contributed by atoms with E-state index in [1.807, 2.05) is 36.7 Å². The Balaban J connectivity index is 1.33. The number of rotatable bonds is 7. The SMILES string of the molecule is c1ccc(COCC[C@H]2CCC(Cc3cccnc3)O2)cc1. The molecule has 0 amide bonds. The van der Waals surface area contributed by atoms with Crippen LogP contribution in [-0.4, -0.2) is 23.8 Å². The van der Waals surface area contributed by atoms with E-state index in [4.69, 9.17) is 9.47 Å². The molecule has 2 heterocycles. The van der Waals surface area contributed by atoms with Gasteiger partial charge in [-0.05, 0) is 36.5 Å². The molecule has 0 N–H and O–H groups in total. The molecule has 0 bridgehead atoms. The van der Waals surface area contributed by atoms with Crippen LogP contribution in [0.5, 0.6) is 0 Å². The van der Waals surface area contributed by atoms with Crippen LogP contribution in [0.25, 0.3) is 0 Å². The Morgan fingerprint density at radius 1 is 1.00 bits per heavy atom. The first kappa shape index (κ1) is 15.2. The van der Waals surface area contributed by atoms with Crippen LogP contribution >= 0.6 is 0 Å².